The fourth-order valence-electron chi connectivity index (χ4n) is 2.42. The number of rotatable bonds is 5. The van der Waals surface area contributed by atoms with Crippen LogP contribution in [-0.2, 0) is 11.2 Å². The Morgan fingerprint density at radius 3 is 2.94 bits per heavy atom. The highest BCUT2D eigenvalue weighted by Gasteiger charge is 2.42. The molecule has 1 aliphatic heterocycles. The van der Waals surface area contributed by atoms with Gasteiger partial charge in [0.2, 0.25) is 5.91 Å². The number of carbonyl (C=O) groups excluding carboxylic acids is 1. The highest BCUT2D eigenvalue weighted by Crippen LogP contribution is 2.26. The predicted molar refractivity (Wildman–Crippen MR) is 69.0 cm³/mol. The highest BCUT2D eigenvalue weighted by atomic mass is 16.3. The van der Waals surface area contributed by atoms with Gasteiger partial charge in [0.05, 0.1) is 18.7 Å². The summed E-state index contributed by atoms with van der Waals surface area (Å²) in [7, 11) is 0. The summed E-state index contributed by atoms with van der Waals surface area (Å²) in [6.07, 6.45) is 6.46. The Balaban J connectivity index is 1.74. The van der Waals surface area contributed by atoms with Crippen LogP contribution in [0.2, 0.25) is 0 Å². The van der Waals surface area contributed by atoms with Gasteiger partial charge in [0.1, 0.15) is 0 Å². The number of hydrogen-bond donors (Lipinski definition) is 1. The van der Waals surface area contributed by atoms with Gasteiger partial charge in [-0.2, -0.15) is 0 Å². The zero-order valence-corrected chi connectivity index (χ0v) is 10.8. The molecule has 4 nitrogen and oxygen atoms in total. The zero-order chi connectivity index (χ0) is 13.0. The van der Waals surface area contributed by atoms with Crippen molar-refractivity contribution in [2.45, 2.75) is 38.2 Å². The van der Waals surface area contributed by atoms with Crippen LogP contribution in [-0.4, -0.2) is 39.6 Å². The van der Waals surface area contributed by atoms with Crippen LogP contribution in [0.15, 0.2) is 24.5 Å². The molecule has 0 unspecified atom stereocenters. The van der Waals surface area contributed by atoms with Crippen LogP contribution in [0.1, 0.15) is 31.7 Å². The molecule has 1 amide bonds. The van der Waals surface area contributed by atoms with E-state index >= 15 is 0 Å². The van der Waals surface area contributed by atoms with Gasteiger partial charge < -0.3 is 10.0 Å². The Morgan fingerprint density at radius 2 is 2.33 bits per heavy atom. The number of hydrogen-bond acceptors (Lipinski definition) is 3. The molecule has 0 radical (unpaired) electrons. The van der Waals surface area contributed by atoms with E-state index in [0.29, 0.717) is 19.5 Å². The first-order valence-electron chi connectivity index (χ1n) is 6.52. The lowest BCUT2D eigenvalue weighted by atomic mass is 9.89. The average molecular weight is 248 g/mol. The number of pyridine rings is 1. The number of aryl methyl sites for hydroxylation is 1. The smallest absolute Gasteiger partial charge is 0.223 e. The topological polar surface area (TPSA) is 53.4 Å². The first-order valence-corrected chi connectivity index (χ1v) is 6.52. The summed E-state index contributed by atoms with van der Waals surface area (Å²) in [5.41, 5.74) is 0.453. The molecule has 98 valence electrons. The van der Waals surface area contributed by atoms with E-state index < -0.39 is 5.60 Å². The van der Waals surface area contributed by atoms with Crippen molar-refractivity contribution in [1.29, 1.82) is 0 Å². The second-order valence-corrected chi connectivity index (χ2v) is 5.09. The number of nitrogens with zero attached hydrogens (tertiary/aromatic N) is 2. The molecule has 2 rings (SSSR count). The normalized spacial score (nSPS) is 17.3. The molecule has 1 saturated heterocycles. The van der Waals surface area contributed by atoms with Crippen LogP contribution in [0.25, 0.3) is 0 Å². The largest absolute Gasteiger partial charge is 0.386 e. The van der Waals surface area contributed by atoms with Crippen molar-refractivity contribution < 1.29 is 9.90 Å². The molecule has 0 bridgehead atoms. The molecule has 1 fully saturated rings. The number of likely N-dealkylation sites (tertiary alicyclic amines) is 1. The minimum Gasteiger partial charge on any atom is -0.386 e. The molecule has 0 aliphatic carbocycles. The van der Waals surface area contributed by atoms with Crippen molar-refractivity contribution in [1.82, 2.24) is 9.88 Å². The summed E-state index contributed by atoms with van der Waals surface area (Å²) in [5, 5.41) is 10.0. The van der Waals surface area contributed by atoms with E-state index in [4.69, 9.17) is 0 Å². The maximum Gasteiger partial charge on any atom is 0.223 e. The monoisotopic (exact) mass is 248 g/mol. The Bertz CT molecular complexity index is 400. The highest BCUT2D eigenvalue weighted by molar-refractivity contribution is 5.77. The van der Waals surface area contributed by atoms with Crippen molar-refractivity contribution in [3.63, 3.8) is 0 Å². The minimum atomic E-state index is -0.626. The third-order valence-electron chi connectivity index (χ3n) is 3.39. The van der Waals surface area contributed by atoms with Gasteiger partial charge in [-0.15, -0.1) is 0 Å². The number of β-amino-alcohol motifs (C(OH)–C–C–N with tert-alkyl or cyclic N) is 1. The van der Waals surface area contributed by atoms with Crippen molar-refractivity contribution >= 4 is 5.91 Å². The lowest BCUT2D eigenvalue weighted by molar-refractivity contribution is -0.156. The van der Waals surface area contributed by atoms with Crippen LogP contribution in [0.3, 0.4) is 0 Å². The van der Waals surface area contributed by atoms with Crippen molar-refractivity contribution in [3.8, 4) is 0 Å². The van der Waals surface area contributed by atoms with Crippen LogP contribution < -0.4 is 0 Å². The number of carbonyl (C=O) groups is 1. The molecule has 0 atom stereocenters. The molecule has 2 heterocycles. The Kier molecular flexibility index (Phi) is 3.97. The Hall–Kier alpha value is -1.42. The van der Waals surface area contributed by atoms with E-state index in [9.17, 15) is 9.90 Å². The Morgan fingerprint density at radius 1 is 1.56 bits per heavy atom. The van der Waals surface area contributed by atoms with Gasteiger partial charge in [-0.3, -0.25) is 9.78 Å². The fraction of sp³-hybridized carbons (Fsp3) is 0.571. The summed E-state index contributed by atoms with van der Waals surface area (Å²) in [6, 6.07) is 3.85. The second-order valence-electron chi connectivity index (χ2n) is 5.09. The lowest BCUT2D eigenvalue weighted by Gasteiger charge is -2.46. The van der Waals surface area contributed by atoms with Crippen molar-refractivity contribution in [3.05, 3.63) is 30.1 Å². The SMILES string of the molecule is CCCC1(O)CN(C(=O)CCc2cccnc2)C1. The van der Waals surface area contributed by atoms with Crippen LogP contribution in [0.4, 0.5) is 0 Å². The number of amides is 1. The number of aromatic nitrogens is 1. The van der Waals surface area contributed by atoms with Gasteiger partial charge in [-0.05, 0) is 24.5 Å². The standard InChI is InChI=1S/C14H20N2O2/c1-2-7-14(18)10-16(11-14)13(17)6-5-12-4-3-8-15-9-12/h3-4,8-9,18H,2,5-7,10-11H2,1H3. The summed E-state index contributed by atoms with van der Waals surface area (Å²) in [5.74, 6) is 0.125. The van der Waals surface area contributed by atoms with Gasteiger partial charge in [0.15, 0.2) is 0 Å². The predicted octanol–water partition coefficient (Wildman–Crippen LogP) is 1.39. The van der Waals surface area contributed by atoms with E-state index in [1.807, 2.05) is 19.1 Å². The fourth-order valence-corrected chi connectivity index (χ4v) is 2.42. The zero-order valence-electron chi connectivity index (χ0n) is 10.8. The van der Waals surface area contributed by atoms with E-state index in [1.54, 1.807) is 17.3 Å². The molecule has 4 heteroatoms. The first kappa shape index (κ1) is 13.0. The lowest BCUT2D eigenvalue weighted by Crippen LogP contribution is -2.63. The van der Waals surface area contributed by atoms with Gasteiger partial charge in [-0.1, -0.05) is 19.4 Å². The minimum absolute atomic E-state index is 0.125. The third kappa shape index (κ3) is 3.07. The maximum absolute atomic E-state index is 11.9. The summed E-state index contributed by atoms with van der Waals surface area (Å²) in [6.45, 7) is 3.03. The third-order valence-corrected chi connectivity index (χ3v) is 3.39. The average Bonchev–Trinajstić information content (AvgIpc) is 2.34. The molecule has 1 aliphatic rings. The maximum atomic E-state index is 11.9. The van der Waals surface area contributed by atoms with Gasteiger partial charge in [-0.25, -0.2) is 0 Å². The second kappa shape index (κ2) is 5.48. The first-order chi connectivity index (χ1) is 8.63. The van der Waals surface area contributed by atoms with E-state index in [0.717, 1.165) is 24.8 Å². The van der Waals surface area contributed by atoms with Gasteiger partial charge >= 0.3 is 0 Å². The summed E-state index contributed by atoms with van der Waals surface area (Å²) < 4.78 is 0. The van der Waals surface area contributed by atoms with Crippen molar-refractivity contribution in [2.24, 2.45) is 0 Å². The molecule has 0 aromatic carbocycles. The Labute approximate surface area is 108 Å². The van der Waals surface area contributed by atoms with Crippen molar-refractivity contribution in [2.75, 3.05) is 13.1 Å². The quantitative estimate of drug-likeness (QED) is 0.856. The van der Waals surface area contributed by atoms with Crippen LogP contribution >= 0.6 is 0 Å². The molecular formula is C14H20N2O2. The van der Waals surface area contributed by atoms with E-state index in [-0.39, 0.29) is 5.91 Å². The van der Waals surface area contributed by atoms with Crippen LogP contribution in [0, 0.1) is 0 Å². The van der Waals surface area contributed by atoms with E-state index in [1.165, 1.54) is 0 Å². The van der Waals surface area contributed by atoms with E-state index in [2.05, 4.69) is 4.98 Å². The molecule has 1 N–H and O–H groups in total. The number of aliphatic hydroxyl groups is 1. The molecule has 1 aromatic rings. The summed E-state index contributed by atoms with van der Waals surface area (Å²) >= 11 is 0. The van der Waals surface area contributed by atoms with Gasteiger partial charge in [0.25, 0.3) is 0 Å². The van der Waals surface area contributed by atoms with Crippen LogP contribution in [0.5, 0.6) is 0 Å². The molecular weight excluding hydrogens is 228 g/mol. The summed E-state index contributed by atoms with van der Waals surface area (Å²) in [4.78, 5) is 17.7. The molecule has 0 saturated carbocycles. The molecule has 18 heavy (non-hydrogen) atoms. The van der Waals surface area contributed by atoms with Gasteiger partial charge in [0, 0.05) is 18.8 Å². The molecule has 1 aromatic heterocycles. The molecule has 0 spiro atoms.